The number of halogens is 1. The Morgan fingerprint density at radius 3 is 2.81 bits per heavy atom. The molecule has 1 atom stereocenters. The number of benzene rings is 1. The maximum atomic E-state index is 6.02. The van der Waals surface area contributed by atoms with Gasteiger partial charge in [-0.3, -0.25) is 9.97 Å². The van der Waals surface area contributed by atoms with Gasteiger partial charge in [0.15, 0.2) is 0 Å². The summed E-state index contributed by atoms with van der Waals surface area (Å²) in [6.45, 7) is 4.77. The predicted molar refractivity (Wildman–Crippen MR) is 83.5 cm³/mol. The lowest BCUT2D eigenvalue weighted by molar-refractivity contribution is 0.470. The van der Waals surface area contributed by atoms with Crippen molar-refractivity contribution in [2.45, 2.75) is 19.9 Å². The van der Waals surface area contributed by atoms with Crippen LogP contribution in [-0.4, -0.2) is 16.5 Å². The van der Waals surface area contributed by atoms with Crippen LogP contribution in [0.2, 0.25) is 5.02 Å². The van der Waals surface area contributed by atoms with E-state index in [1.54, 1.807) is 12.4 Å². The molecule has 4 nitrogen and oxygen atoms in total. The largest absolute Gasteiger partial charge is 0.459 e. The molecule has 0 aliphatic rings. The molecule has 0 aliphatic heterocycles. The average molecular weight is 302 g/mol. The van der Waals surface area contributed by atoms with Gasteiger partial charge in [-0.15, -0.1) is 0 Å². The van der Waals surface area contributed by atoms with Crippen LogP contribution in [0.15, 0.2) is 41.1 Å². The predicted octanol–water partition coefficient (Wildman–Crippen LogP) is 3.88. The van der Waals surface area contributed by atoms with Gasteiger partial charge in [-0.05, 0) is 37.7 Å². The molecule has 0 saturated heterocycles. The number of aromatic nitrogens is 2. The van der Waals surface area contributed by atoms with Crippen LogP contribution in [0.25, 0.3) is 11.0 Å². The van der Waals surface area contributed by atoms with Gasteiger partial charge in [-0.2, -0.15) is 0 Å². The summed E-state index contributed by atoms with van der Waals surface area (Å²) in [5, 5.41) is 5.07. The van der Waals surface area contributed by atoms with Crippen LogP contribution in [0.1, 0.15) is 30.1 Å². The fraction of sp³-hybridized carbons (Fsp3) is 0.250. The second kappa shape index (κ2) is 5.84. The Bertz CT molecular complexity index is 752. The summed E-state index contributed by atoms with van der Waals surface area (Å²) in [6, 6.07) is 7.48. The minimum Gasteiger partial charge on any atom is -0.459 e. The van der Waals surface area contributed by atoms with Crippen molar-refractivity contribution in [2.75, 3.05) is 6.54 Å². The van der Waals surface area contributed by atoms with Gasteiger partial charge in [0.25, 0.3) is 0 Å². The van der Waals surface area contributed by atoms with Gasteiger partial charge < -0.3 is 9.73 Å². The molecule has 0 radical (unpaired) electrons. The van der Waals surface area contributed by atoms with E-state index in [4.69, 9.17) is 16.0 Å². The summed E-state index contributed by atoms with van der Waals surface area (Å²) in [4.78, 5) is 8.76. The zero-order valence-corrected chi connectivity index (χ0v) is 12.7. The van der Waals surface area contributed by atoms with Gasteiger partial charge in [-0.25, -0.2) is 0 Å². The van der Waals surface area contributed by atoms with Crippen LogP contribution >= 0.6 is 11.6 Å². The Labute approximate surface area is 128 Å². The molecular formula is C16H16ClN3O. The molecule has 2 aromatic heterocycles. The zero-order chi connectivity index (χ0) is 14.8. The molecular weight excluding hydrogens is 286 g/mol. The number of hydrogen-bond donors (Lipinski definition) is 1. The molecule has 2 heterocycles. The minimum absolute atomic E-state index is 0.116. The van der Waals surface area contributed by atoms with E-state index in [9.17, 15) is 0 Å². The van der Waals surface area contributed by atoms with E-state index >= 15 is 0 Å². The third kappa shape index (κ3) is 2.91. The highest BCUT2D eigenvalue weighted by atomic mass is 35.5. The van der Waals surface area contributed by atoms with Crippen molar-refractivity contribution in [3.63, 3.8) is 0 Å². The normalized spacial score (nSPS) is 12.7. The molecule has 0 bridgehead atoms. The molecule has 1 unspecified atom stereocenters. The highest BCUT2D eigenvalue weighted by Gasteiger charge is 2.19. The van der Waals surface area contributed by atoms with E-state index in [0.717, 1.165) is 34.7 Å². The Morgan fingerprint density at radius 2 is 2.10 bits per heavy atom. The first-order chi connectivity index (χ1) is 10.2. The third-order valence-corrected chi connectivity index (χ3v) is 3.52. The lowest BCUT2D eigenvalue weighted by Crippen LogP contribution is -2.22. The quantitative estimate of drug-likeness (QED) is 0.794. The third-order valence-electron chi connectivity index (χ3n) is 3.29. The number of rotatable bonds is 4. The van der Waals surface area contributed by atoms with Crippen LogP contribution in [0.5, 0.6) is 0 Å². The molecule has 0 spiro atoms. The fourth-order valence-corrected chi connectivity index (χ4v) is 2.46. The standard InChI is InChI=1S/C16H16ClN3O/c1-3-18-16(13-9-19-10(2)8-20-13)15-7-11-6-12(17)4-5-14(11)21-15/h4-9,16,18H,3H2,1-2H3. The number of nitrogens with zero attached hydrogens (tertiary/aromatic N) is 2. The van der Waals surface area contributed by atoms with Gasteiger partial charge in [0.05, 0.1) is 17.6 Å². The number of hydrogen-bond acceptors (Lipinski definition) is 4. The van der Waals surface area contributed by atoms with E-state index in [-0.39, 0.29) is 6.04 Å². The van der Waals surface area contributed by atoms with Crippen LogP contribution in [0.3, 0.4) is 0 Å². The molecule has 21 heavy (non-hydrogen) atoms. The van der Waals surface area contributed by atoms with Crippen LogP contribution in [0, 0.1) is 6.92 Å². The first kappa shape index (κ1) is 14.0. The van der Waals surface area contributed by atoms with E-state index in [1.807, 2.05) is 38.1 Å². The zero-order valence-electron chi connectivity index (χ0n) is 11.9. The first-order valence-corrected chi connectivity index (χ1v) is 7.26. The van der Waals surface area contributed by atoms with Crippen molar-refractivity contribution in [2.24, 2.45) is 0 Å². The SMILES string of the molecule is CCNC(c1cnc(C)cn1)c1cc2cc(Cl)ccc2o1. The average Bonchev–Trinajstić information content (AvgIpc) is 2.88. The van der Waals surface area contributed by atoms with Gasteiger partial charge in [0.2, 0.25) is 0 Å². The van der Waals surface area contributed by atoms with Gasteiger partial charge in [0, 0.05) is 16.6 Å². The molecule has 5 heteroatoms. The molecule has 0 saturated carbocycles. The molecule has 0 fully saturated rings. The molecule has 1 N–H and O–H groups in total. The Balaban J connectivity index is 2.04. The summed E-state index contributed by atoms with van der Waals surface area (Å²) in [5.74, 6) is 0.812. The monoisotopic (exact) mass is 301 g/mol. The number of furan rings is 1. The number of nitrogens with one attached hydrogen (secondary N) is 1. The highest BCUT2D eigenvalue weighted by Crippen LogP contribution is 2.28. The van der Waals surface area contributed by atoms with Crippen LogP contribution in [0.4, 0.5) is 0 Å². The van der Waals surface area contributed by atoms with Crippen molar-refractivity contribution in [3.8, 4) is 0 Å². The molecule has 3 rings (SSSR count). The van der Waals surface area contributed by atoms with Crippen LogP contribution < -0.4 is 5.32 Å². The Kier molecular flexibility index (Phi) is 3.90. The van der Waals surface area contributed by atoms with E-state index in [1.165, 1.54) is 0 Å². The highest BCUT2D eigenvalue weighted by molar-refractivity contribution is 6.31. The summed E-state index contributed by atoms with van der Waals surface area (Å²) in [6.07, 6.45) is 3.54. The van der Waals surface area contributed by atoms with Crippen LogP contribution in [-0.2, 0) is 0 Å². The topological polar surface area (TPSA) is 51.0 Å². The lowest BCUT2D eigenvalue weighted by atomic mass is 10.1. The first-order valence-electron chi connectivity index (χ1n) is 6.88. The summed E-state index contributed by atoms with van der Waals surface area (Å²) >= 11 is 6.02. The van der Waals surface area contributed by atoms with Gasteiger partial charge >= 0.3 is 0 Å². The molecule has 0 aliphatic carbocycles. The van der Waals surface area contributed by atoms with Crippen molar-refractivity contribution in [3.05, 3.63) is 58.8 Å². The number of aryl methyl sites for hydroxylation is 1. The minimum atomic E-state index is -0.116. The smallest absolute Gasteiger partial charge is 0.134 e. The van der Waals surface area contributed by atoms with Crippen molar-refractivity contribution in [1.82, 2.24) is 15.3 Å². The Hall–Kier alpha value is -1.91. The number of fused-ring (bicyclic) bond motifs is 1. The molecule has 3 aromatic rings. The second-order valence-corrected chi connectivity index (χ2v) is 5.34. The second-order valence-electron chi connectivity index (χ2n) is 4.90. The Morgan fingerprint density at radius 1 is 1.24 bits per heavy atom. The summed E-state index contributed by atoms with van der Waals surface area (Å²) in [7, 11) is 0. The van der Waals surface area contributed by atoms with Crippen molar-refractivity contribution >= 4 is 22.6 Å². The maximum Gasteiger partial charge on any atom is 0.134 e. The lowest BCUT2D eigenvalue weighted by Gasteiger charge is -2.14. The van der Waals surface area contributed by atoms with E-state index < -0.39 is 0 Å². The van der Waals surface area contributed by atoms with Crippen molar-refractivity contribution < 1.29 is 4.42 Å². The van der Waals surface area contributed by atoms with Crippen molar-refractivity contribution in [1.29, 1.82) is 0 Å². The van der Waals surface area contributed by atoms with Gasteiger partial charge in [0.1, 0.15) is 17.4 Å². The fourth-order valence-electron chi connectivity index (χ4n) is 2.28. The molecule has 108 valence electrons. The molecule has 1 aromatic carbocycles. The van der Waals surface area contributed by atoms with E-state index in [0.29, 0.717) is 5.02 Å². The maximum absolute atomic E-state index is 6.02. The summed E-state index contributed by atoms with van der Waals surface area (Å²) in [5.41, 5.74) is 2.55. The summed E-state index contributed by atoms with van der Waals surface area (Å²) < 4.78 is 5.93. The van der Waals surface area contributed by atoms with E-state index in [2.05, 4.69) is 15.3 Å². The molecule has 0 amide bonds. The van der Waals surface area contributed by atoms with Gasteiger partial charge in [-0.1, -0.05) is 18.5 Å².